The molecule has 1 atom stereocenters. The molecule has 3 aromatic carbocycles. The van der Waals surface area contributed by atoms with Crippen LogP contribution in [0.2, 0.25) is 0 Å². The van der Waals surface area contributed by atoms with Gasteiger partial charge < -0.3 is 5.32 Å². The minimum absolute atomic E-state index is 0.0723. The third-order valence-corrected chi connectivity index (χ3v) is 8.61. The van der Waals surface area contributed by atoms with E-state index >= 15 is 0 Å². The van der Waals surface area contributed by atoms with Crippen LogP contribution in [0.25, 0.3) is 0 Å². The highest BCUT2D eigenvalue weighted by Gasteiger charge is 2.18. The summed E-state index contributed by atoms with van der Waals surface area (Å²) >= 11 is 0. The van der Waals surface area contributed by atoms with Gasteiger partial charge in [0.15, 0.2) is 0 Å². The minimum atomic E-state index is -3.69. The Morgan fingerprint density at radius 3 is 2.00 bits per heavy atom. The van der Waals surface area contributed by atoms with Crippen LogP contribution in [-0.2, 0) is 31.3 Å². The topological polar surface area (TPSA) is 121 Å². The average Bonchev–Trinajstić information content (AvgIpc) is 2.86. The Balaban J connectivity index is 1.42. The molecule has 36 heavy (non-hydrogen) atoms. The molecule has 0 radical (unpaired) electrons. The van der Waals surface area contributed by atoms with E-state index in [1.54, 1.807) is 31.2 Å². The van der Waals surface area contributed by atoms with Crippen molar-refractivity contribution in [3.63, 3.8) is 0 Å². The summed E-state index contributed by atoms with van der Waals surface area (Å²) < 4.78 is 55.0. The molecule has 3 aromatic rings. The van der Waals surface area contributed by atoms with E-state index in [0.29, 0.717) is 6.42 Å². The summed E-state index contributed by atoms with van der Waals surface area (Å²) in [6.07, 6.45) is 0.620. The molecule has 10 heteroatoms. The maximum atomic E-state index is 12.7. The molecule has 3 rings (SSSR count). The van der Waals surface area contributed by atoms with Gasteiger partial charge in [-0.2, -0.15) is 0 Å². The van der Waals surface area contributed by atoms with Crippen LogP contribution in [0.3, 0.4) is 0 Å². The summed E-state index contributed by atoms with van der Waals surface area (Å²) in [5.41, 5.74) is 2.65. The first-order valence-corrected chi connectivity index (χ1v) is 14.5. The van der Waals surface area contributed by atoms with Crippen LogP contribution in [0.4, 0.5) is 0 Å². The van der Waals surface area contributed by atoms with E-state index in [-0.39, 0.29) is 41.3 Å². The van der Waals surface area contributed by atoms with E-state index in [1.165, 1.54) is 24.3 Å². The molecule has 0 heterocycles. The van der Waals surface area contributed by atoms with Gasteiger partial charge in [-0.1, -0.05) is 60.2 Å². The van der Waals surface area contributed by atoms with E-state index < -0.39 is 20.0 Å². The standard InChI is InChI=1S/C26H31N3O5S2/c1-20-8-13-24(14-9-20)35(31,32)28-19-18-27-26(30)17-12-22-10-15-25(16-11-22)36(33,34)29-21(2)23-6-4-3-5-7-23/h3-11,13-16,21,28-29H,12,17-19H2,1-2H3,(H,27,30). The molecule has 0 bridgehead atoms. The van der Waals surface area contributed by atoms with Crippen molar-refractivity contribution in [3.8, 4) is 0 Å². The fourth-order valence-corrected chi connectivity index (χ4v) is 5.74. The zero-order chi connectivity index (χ0) is 26.2. The lowest BCUT2D eigenvalue weighted by Crippen LogP contribution is -2.34. The second kappa shape index (κ2) is 12.3. The first-order valence-electron chi connectivity index (χ1n) is 11.6. The molecule has 0 fully saturated rings. The van der Waals surface area contributed by atoms with Gasteiger partial charge in [0.25, 0.3) is 0 Å². The molecule has 0 aliphatic heterocycles. The molecule has 0 aliphatic rings. The van der Waals surface area contributed by atoms with Crippen LogP contribution in [0.15, 0.2) is 88.7 Å². The Morgan fingerprint density at radius 2 is 1.36 bits per heavy atom. The van der Waals surface area contributed by atoms with E-state index in [2.05, 4.69) is 14.8 Å². The number of carbonyl (C=O) groups is 1. The predicted octanol–water partition coefficient (Wildman–Crippen LogP) is 3.06. The van der Waals surface area contributed by atoms with Gasteiger partial charge >= 0.3 is 0 Å². The van der Waals surface area contributed by atoms with Crippen molar-refractivity contribution in [2.75, 3.05) is 13.1 Å². The number of aryl methyl sites for hydroxylation is 2. The SMILES string of the molecule is Cc1ccc(S(=O)(=O)NCCNC(=O)CCc2ccc(S(=O)(=O)NC(C)c3ccccc3)cc2)cc1. The first kappa shape index (κ1) is 27.5. The second-order valence-corrected chi connectivity index (χ2v) is 11.9. The maximum absolute atomic E-state index is 12.7. The van der Waals surface area contributed by atoms with Gasteiger partial charge in [0.2, 0.25) is 26.0 Å². The average molecular weight is 530 g/mol. The molecule has 8 nitrogen and oxygen atoms in total. The van der Waals surface area contributed by atoms with E-state index in [9.17, 15) is 21.6 Å². The van der Waals surface area contributed by atoms with Gasteiger partial charge in [-0.25, -0.2) is 26.3 Å². The smallest absolute Gasteiger partial charge is 0.241 e. The van der Waals surface area contributed by atoms with Crippen LogP contribution in [0.1, 0.15) is 36.1 Å². The van der Waals surface area contributed by atoms with Gasteiger partial charge in [-0.05, 0) is 55.7 Å². The third kappa shape index (κ3) is 7.99. The normalized spacial score (nSPS) is 12.7. The summed E-state index contributed by atoms with van der Waals surface area (Å²) in [7, 11) is -7.32. The van der Waals surface area contributed by atoms with Crippen molar-refractivity contribution in [1.82, 2.24) is 14.8 Å². The number of hydrogen-bond donors (Lipinski definition) is 3. The third-order valence-electron chi connectivity index (χ3n) is 5.58. The fourth-order valence-electron chi connectivity index (χ4n) is 3.48. The monoisotopic (exact) mass is 529 g/mol. The first-order chi connectivity index (χ1) is 17.1. The Morgan fingerprint density at radius 1 is 0.778 bits per heavy atom. The summed E-state index contributed by atoms with van der Waals surface area (Å²) in [4.78, 5) is 12.5. The molecule has 0 aromatic heterocycles. The summed E-state index contributed by atoms with van der Waals surface area (Å²) in [6.45, 7) is 3.89. The Hall–Kier alpha value is -3.05. The number of benzene rings is 3. The summed E-state index contributed by atoms with van der Waals surface area (Å²) in [6, 6.07) is 21.9. The lowest BCUT2D eigenvalue weighted by atomic mass is 10.1. The summed E-state index contributed by atoms with van der Waals surface area (Å²) in [5, 5.41) is 2.69. The Bertz CT molecular complexity index is 1360. The molecule has 1 amide bonds. The van der Waals surface area contributed by atoms with Gasteiger partial charge in [-0.3, -0.25) is 4.79 Å². The number of rotatable bonds is 12. The quantitative estimate of drug-likeness (QED) is 0.311. The molecule has 0 aliphatic carbocycles. The number of hydrogen-bond acceptors (Lipinski definition) is 5. The molecular weight excluding hydrogens is 498 g/mol. The highest BCUT2D eigenvalue weighted by molar-refractivity contribution is 7.89. The molecule has 0 saturated heterocycles. The van der Waals surface area contributed by atoms with Gasteiger partial charge in [0.1, 0.15) is 0 Å². The summed E-state index contributed by atoms with van der Waals surface area (Å²) in [5.74, 6) is -0.223. The van der Waals surface area contributed by atoms with Crippen molar-refractivity contribution >= 4 is 26.0 Å². The second-order valence-electron chi connectivity index (χ2n) is 8.46. The van der Waals surface area contributed by atoms with Crippen molar-refractivity contribution in [2.24, 2.45) is 0 Å². The van der Waals surface area contributed by atoms with E-state index in [0.717, 1.165) is 16.7 Å². The molecule has 1 unspecified atom stereocenters. The fraction of sp³-hybridized carbons (Fsp3) is 0.269. The van der Waals surface area contributed by atoms with Gasteiger partial charge in [-0.15, -0.1) is 0 Å². The number of sulfonamides is 2. The highest BCUT2D eigenvalue weighted by Crippen LogP contribution is 2.17. The largest absolute Gasteiger partial charge is 0.355 e. The maximum Gasteiger partial charge on any atom is 0.241 e. The molecule has 192 valence electrons. The molecule has 0 saturated carbocycles. The van der Waals surface area contributed by atoms with E-state index in [1.807, 2.05) is 37.3 Å². The van der Waals surface area contributed by atoms with Crippen molar-refractivity contribution in [2.45, 2.75) is 42.5 Å². The van der Waals surface area contributed by atoms with Crippen LogP contribution in [0, 0.1) is 6.92 Å². The van der Waals surface area contributed by atoms with Crippen LogP contribution >= 0.6 is 0 Å². The zero-order valence-corrected chi connectivity index (χ0v) is 21.9. The highest BCUT2D eigenvalue weighted by atomic mass is 32.2. The number of amides is 1. The number of carbonyl (C=O) groups excluding carboxylic acids is 1. The minimum Gasteiger partial charge on any atom is -0.355 e. The predicted molar refractivity (Wildman–Crippen MR) is 139 cm³/mol. The lowest BCUT2D eigenvalue weighted by molar-refractivity contribution is -0.121. The van der Waals surface area contributed by atoms with Crippen molar-refractivity contribution < 1.29 is 21.6 Å². The van der Waals surface area contributed by atoms with Crippen LogP contribution in [0.5, 0.6) is 0 Å². The number of nitrogens with one attached hydrogen (secondary N) is 3. The zero-order valence-electron chi connectivity index (χ0n) is 20.3. The molecule has 0 spiro atoms. The van der Waals surface area contributed by atoms with Gasteiger partial charge in [0.05, 0.1) is 9.79 Å². The van der Waals surface area contributed by atoms with Crippen LogP contribution in [-0.4, -0.2) is 35.8 Å². The van der Waals surface area contributed by atoms with Gasteiger partial charge in [0, 0.05) is 25.6 Å². The lowest BCUT2D eigenvalue weighted by Gasteiger charge is -2.15. The van der Waals surface area contributed by atoms with Crippen molar-refractivity contribution in [3.05, 3.63) is 95.6 Å². The van der Waals surface area contributed by atoms with Crippen molar-refractivity contribution in [1.29, 1.82) is 0 Å². The Labute approximate surface area is 213 Å². The molecular formula is C26H31N3O5S2. The van der Waals surface area contributed by atoms with Crippen LogP contribution < -0.4 is 14.8 Å². The Kier molecular flexibility index (Phi) is 9.38. The van der Waals surface area contributed by atoms with E-state index in [4.69, 9.17) is 0 Å². The molecule has 3 N–H and O–H groups in total.